The molecule has 144 valence electrons. The van der Waals surface area contributed by atoms with Gasteiger partial charge < -0.3 is 19.6 Å². The number of aryl methyl sites for hydroxylation is 2. The number of ether oxygens (including phenoxy) is 2. The first-order valence-electron chi connectivity index (χ1n) is 8.86. The van der Waals surface area contributed by atoms with E-state index in [1.165, 1.54) is 6.21 Å². The number of carbonyl (C=O) groups is 1. The number of methoxy groups -OCH3 is 1. The first-order chi connectivity index (χ1) is 13.0. The van der Waals surface area contributed by atoms with Crippen LogP contribution in [0, 0.1) is 13.8 Å². The number of oxime groups is 1. The zero-order valence-electron chi connectivity index (χ0n) is 16.2. The number of rotatable bonds is 9. The van der Waals surface area contributed by atoms with Crippen LogP contribution in [-0.2, 0) is 9.63 Å². The summed E-state index contributed by atoms with van der Waals surface area (Å²) >= 11 is 0. The number of amides is 1. The SMILES string of the molecule is CCCOc1ccc(/C=N/OCC(=O)Nc2ccc(C)cc2C)cc1OC. The van der Waals surface area contributed by atoms with Crippen molar-refractivity contribution in [2.24, 2.45) is 5.16 Å². The van der Waals surface area contributed by atoms with E-state index in [-0.39, 0.29) is 12.5 Å². The molecule has 1 amide bonds. The number of hydrogen-bond donors (Lipinski definition) is 1. The van der Waals surface area contributed by atoms with E-state index in [0.29, 0.717) is 18.1 Å². The van der Waals surface area contributed by atoms with Crippen LogP contribution in [0.15, 0.2) is 41.6 Å². The zero-order chi connectivity index (χ0) is 19.6. The molecule has 6 nitrogen and oxygen atoms in total. The highest BCUT2D eigenvalue weighted by molar-refractivity contribution is 5.92. The summed E-state index contributed by atoms with van der Waals surface area (Å²) in [6.45, 7) is 6.46. The molecule has 0 aliphatic rings. The van der Waals surface area contributed by atoms with Crippen molar-refractivity contribution in [1.82, 2.24) is 0 Å². The van der Waals surface area contributed by atoms with Gasteiger partial charge in [0.15, 0.2) is 18.1 Å². The largest absolute Gasteiger partial charge is 0.493 e. The van der Waals surface area contributed by atoms with E-state index in [0.717, 1.165) is 28.8 Å². The van der Waals surface area contributed by atoms with Gasteiger partial charge in [0.1, 0.15) is 0 Å². The van der Waals surface area contributed by atoms with Crippen molar-refractivity contribution in [3.8, 4) is 11.5 Å². The molecule has 0 spiro atoms. The average molecular weight is 370 g/mol. The zero-order valence-corrected chi connectivity index (χ0v) is 16.2. The molecule has 0 atom stereocenters. The summed E-state index contributed by atoms with van der Waals surface area (Å²) in [5.41, 5.74) is 3.70. The summed E-state index contributed by atoms with van der Waals surface area (Å²) in [4.78, 5) is 17.0. The molecule has 0 fully saturated rings. The lowest BCUT2D eigenvalue weighted by Crippen LogP contribution is -2.17. The maximum Gasteiger partial charge on any atom is 0.265 e. The molecule has 0 aliphatic carbocycles. The smallest absolute Gasteiger partial charge is 0.265 e. The summed E-state index contributed by atoms with van der Waals surface area (Å²) < 4.78 is 10.9. The maximum atomic E-state index is 12.0. The van der Waals surface area contributed by atoms with Crippen molar-refractivity contribution in [2.45, 2.75) is 27.2 Å². The van der Waals surface area contributed by atoms with Crippen LogP contribution in [0.2, 0.25) is 0 Å². The van der Waals surface area contributed by atoms with Crippen LogP contribution < -0.4 is 14.8 Å². The minimum atomic E-state index is -0.264. The van der Waals surface area contributed by atoms with Gasteiger partial charge in [0.2, 0.25) is 0 Å². The second kappa shape index (κ2) is 10.2. The predicted octanol–water partition coefficient (Wildman–Crippen LogP) is 4.09. The minimum Gasteiger partial charge on any atom is -0.493 e. The number of nitrogens with zero attached hydrogens (tertiary/aromatic N) is 1. The summed E-state index contributed by atoms with van der Waals surface area (Å²) in [7, 11) is 1.59. The molecule has 0 heterocycles. The predicted molar refractivity (Wildman–Crippen MR) is 107 cm³/mol. The molecular weight excluding hydrogens is 344 g/mol. The van der Waals surface area contributed by atoms with E-state index in [4.69, 9.17) is 14.3 Å². The molecule has 0 aromatic heterocycles. The minimum absolute atomic E-state index is 0.168. The monoisotopic (exact) mass is 370 g/mol. The van der Waals surface area contributed by atoms with Gasteiger partial charge in [-0.15, -0.1) is 0 Å². The van der Waals surface area contributed by atoms with Crippen LogP contribution in [0.3, 0.4) is 0 Å². The van der Waals surface area contributed by atoms with Gasteiger partial charge >= 0.3 is 0 Å². The normalized spacial score (nSPS) is 10.7. The van der Waals surface area contributed by atoms with Gasteiger partial charge in [0.05, 0.1) is 19.9 Å². The number of benzene rings is 2. The van der Waals surface area contributed by atoms with Crippen LogP contribution in [0.5, 0.6) is 11.5 Å². The van der Waals surface area contributed by atoms with E-state index in [1.807, 2.05) is 51.1 Å². The number of hydrogen-bond acceptors (Lipinski definition) is 5. The Morgan fingerprint density at radius 1 is 1.15 bits per heavy atom. The maximum absolute atomic E-state index is 12.0. The van der Waals surface area contributed by atoms with Gasteiger partial charge in [-0.25, -0.2) is 0 Å². The van der Waals surface area contributed by atoms with Gasteiger partial charge in [0, 0.05) is 11.3 Å². The second-order valence-corrected chi connectivity index (χ2v) is 6.13. The molecule has 0 saturated carbocycles. The van der Waals surface area contributed by atoms with Gasteiger partial charge in [-0.3, -0.25) is 4.79 Å². The van der Waals surface area contributed by atoms with Gasteiger partial charge in [-0.05, 0) is 50.1 Å². The van der Waals surface area contributed by atoms with Crippen LogP contribution in [0.25, 0.3) is 0 Å². The molecule has 2 aromatic carbocycles. The Balaban J connectivity index is 1.87. The van der Waals surface area contributed by atoms with E-state index in [2.05, 4.69) is 10.5 Å². The fraction of sp³-hybridized carbons (Fsp3) is 0.333. The summed E-state index contributed by atoms with van der Waals surface area (Å²) in [6.07, 6.45) is 2.45. The van der Waals surface area contributed by atoms with Crippen LogP contribution in [-0.4, -0.2) is 32.4 Å². The Bertz CT molecular complexity index is 803. The lowest BCUT2D eigenvalue weighted by Gasteiger charge is -2.10. The summed E-state index contributed by atoms with van der Waals surface area (Å²) in [5, 5.41) is 6.65. The highest BCUT2D eigenvalue weighted by Gasteiger charge is 2.06. The third kappa shape index (κ3) is 6.33. The molecule has 0 radical (unpaired) electrons. The first-order valence-corrected chi connectivity index (χ1v) is 8.86. The molecule has 0 bridgehead atoms. The Labute approximate surface area is 160 Å². The standard InChI is InChI=1S/C21H26N2O4/c1-5-10-26-19-9-7-17(12-20(19)25-4)13-22-27-14-21(24)23-18-8-6-15(2)11-16(18)3/h6-9,11-13H,5,10,14H2,1-4H3,(H,23,24)/b22-13+. The topological polar surface area (TPSA) is 69.2 Å². The van der Waals surface area contributed by atoms with E-state index in [1.54, 1.807) is 13.2 Å². The molecule has 0 saturated heterocycles. The van der Waals surface area contributed by atoms with Crippen molar-refractivity contribution < 1.29 is 19.1 Å². The molecule has 0 aliphatic heterocycles. The van der Waals surface area contributed by atoms with E-state index in [9.17, 15) is 4.79 Å². The highest BCUT2D eigenvalue weighted by atomic mass is 16.6. The van der Waals surface area contributed by atoms with Gasteiger partial charge in [0.25, 0.3) is 5.91 Å². The Morgan fingerprint density at radius 3 is 2.67 bits per heavy atom. The summed E-state index contributed by atoms with van der Waals surface area (Å²) in [5.74, 6) is 1.05. The molecule has 2 aromatic rings. The van der Waals surface area contributed by atoms with Crippen molar-refractivity contribution in [2.75, 3.05) is 25.6 Å². The van der Waals surface area contributed by atoms with Crippen molar-refractivity contribution in [3.63, 3.8) is 0 Å². The highest BCUT2D eigenvalue weighted by Crippen LogP contribution is 2.27. The fourth-order valence-electron chi connectivity index (χ4n) is 2.43. The number of carbonyl (C=O) groups excluding carboxylic acids is 1. The summed E-state index contributed by atoms with van der Waals surface area (Å²) in [6, 6.07) is 11.3. The quantitative estimate of drug-likeness (QED) is 0.533. The average Bonchev–Trinajstić information content (AvgIpc) is 2.66. The van der Waals surface area contributed by atoms with Crippen LogP contribution in [0.1, 0.15) is 30.0 Å². The van der Waals surface area contributed by atoms with Crippen LogP contribution >= 0.6 is 0 Å². The molecular formula is C21H26N2O4. The number of nitrogens with one attached hydrogen (secondary N) is 1. The van der Waals surface area contributed by atoms with Crippen LogP contribution in [0.4, 0.5) is 5.69 Å². The van der Waals surface area contributed by atoms with Gasteiger partial charge in [-0.2, -0.15) is 0 Å². The third-order valence-corrected chi connectivity index (χ3v) is 3.78. The Morgan fingerprint density at radius 2 is 1.96 bits per heavy atom. The molecule has 0 unspecified atom stereocenters. The lowest BCUT2D eigenvalue weighted by atomic mass is 10.1. The van der Waals surface area contributed by atoms with Crippen molar-refractivity contribution in [3.05, 3.63) is 53.1 Å². The third-order valence-electron chi connectivity index (χ3n) is 3.78. The lowest BCUT2D eigenvalue weighted by molar-refractivity contribution is -0.120. The van der Waals surface area contributed by atoms with E-state index >= 15 is 0 Å². The first kappa shape index (κ1) is 20.3. The van der Waals surface area contributed by atoms with Crippen molar-refractivity contribution >= 4 is 17.8 Å². The number of anilines is 1. The fourth-order valence-corrected chi connectivity index (χ4v) is 2.43. The Kier molecular flexibility index (Phi) is 7.67. The van der Waals surface area contributed by atoms with Crippen molar-refractivity contribution in [1.29, 1.82) is 0 Å². The molecule has 27 heavy (non-hydrogen) atoms. The Hall–Kier alpha value is -3.02. The second-order valence-electron chi connectivity index (χ2n) is 6.13. The van der Waals surface area contributed by atoms with E-state index < -0.39 is 0 Å². The molecule has 6 heteroatoms. The van der Waals surface area contributed by atoms with Gasteiger partial charge in [-0.1, -0.05) is 29.8 Å². The molecule has 1 N–H and O–H groups in total. The molecule has 2 rings (SSSR count).